The molecule has 7 heteroatoms. The van der Waals surface area contributed by atoms with E-state index in [1.165, 1.54) is 5.56 Å². The summed E-state index contributed by atoms with van der Waals surface area (Å²) < 4.78 is 5.22. The van der Waals surface area contributed by atoms with E-state index in [-0.39, 0.29) is 12.5 Å². The van der Waals surface area contributed by atoms with E-state index in [2.05, 4.69) is 57.0 Å². The number of hydrogen-bond donors (Lipinski definition) is 3. The molecule has 1 aliphatic heterocycles. The highest BCUT2D eigenvalue weighted by Gasteiger charge is 2.29. The molecule has 156 valence electrons. The number of hydrogen-bond acceptors (Lipinski definition) is 4. The molecule has 1 aromatic carbocycles. The number of furan rings is 1. The Morgan fingerprint density at radius 2 is 2.03 bits per heavy atom. The van der Waals surface area contributed by atoms with Gasteiger partial charge in [-0.1, -0.05) is 30.3 Å². The molecule has 2 aromatic rings. The summed E-state index contributed by atoms with van der Waals surface area (Å²) in [7, 11) is 0. The first-order valence-electron chi connectivity index (χ1n) is 10.3. The van der Waals surface area contributed by atoms with Gasteiger partial charge in [0.1, 0.15) is 12.3 Å². The van der Waals surface area contributed by atoms with Crippen LogP contribution in [0, 0.1) is 0 Å². The summed E-state index contributed by atoms with van der Waals surface area (Å²) in [6.45, 7) is 7.37. The molecule has 7 nitrogen and oxygen atoms in total. The van der Waals surface area contributed by atoms with Crippen molar-refractivity contribution in [3.05, 3.63) is 60.1 Å². The van der Waals surface area contributed by atoms with Gasteiger partial charge in [0, 0.05) is 31.7 Å². The van der Waals surface area contributed by atoms with E-state index in [1.807, 2.05) is 19.1 Å². The van der Waals surface area contributed by atoms with Gasteiger partial charge in [0.2, 0.25) is 5.91 Å². The molecule has 2 atom stereocenters. The van der Waals surface area contributed by atoms with Crippen molar-refractivity contribution in [2.75, 3.05) is 19.6 Å². The molecular formula is C22H31N5O2. The third-order valence-corrected chi connectivity index (χ3v) is 5.04. The van der Waals surface area contributed by atoms with Gasteiger partial charge in [-0.05, 0) is 38.0 Å². The van der Waals surface area contributed by atoms with Crippen LogP contribution < -0.4 is 16.0 Å². The smallest absolute Gasteiger partial charge is 0.242 e. The molecule has 3 rings (SSSR count). The highest BCUT2D eigenvalue weighted by molar-refractivity contribution is 5.85. The molecule has 2 heterocycles. The number of carbonyl (C=O) groups is 1. The summed E-state index contributed by atoms with van der Waals surface area (Å²) in [5.41, 5.74) is 1.33. The van der Waals surface area contributed by atoms with Crippen molar-refractivity contribution >= 4 is 11.9 Å². The van der Waals surface area contributed by atoms with Crippen LogP contribution in [0.2, 0.25) is 0 Å². The van der Waals surface area contributed by atoms with Gasteiger partial charge in [0.05, 0.1) is 12.8 Å². The maximum absolute atomic E-state index is 12.1. The van der Waals surface area contributed by atoms with Gasteiger partial charge < -0.3 is 20.4 Å². The quantitative estimate of drug-likeness (QED) is 0.470. The zero-order valence-electron chi connectivity index (χ0n) is 17.2. The minimum absolute atomic E-state index is 0.0754. The lowest BCUT2D eigenvalue weighted by Gasteiger charge is -2.21. The van der Waals surface area contributed by atoms with Crippen LogP contribution in [-0.2, 0) is 17.9 Å². The van der Waals surface area contributed by atoms with Crippen molar-refractivity contribution in [1.29, 1.82) is 0 Å². The average molecular weight is 398 g/mol. The van der Waals surface area contributed by atoms with Gasteiger partial charge in [0.15, 0.2) is 5.96 Å². The topological polar surface area (TPSA) is 81.9 Å². The number of nitrogens with zero attached hydrogens (tertiary/aromatic N) is 2. The zero-order valence-corrected chi connectivity index (χ0v) is 17.2. The molecule has 1 saturated heterocycles. The van der Waals surface area contributed by atoms with E-state index < -0.39 is 0 Å². The minimum Gasteiger partial charge on any atom is -0.467 e. The zero-order chi connectivity index (χ0) is 20.5. The summed E-state index contributed by atoms with van der Waals surface area (Å²) in [4.78, 5) is 19.0. The Kier molecular flexibility index (Phi) is 7.69. The van der Waals surface area contributed by atoms with Crippen molar-refractivity contribution in [1.82, 2.24) is 20.9 Å². The predicted molar refractivity (Wildman–Crippen MR) is 114 cm³/mol. The molecule has 2 unspecified atom stereocenters. The third-order valence-electron chi connectivity index (χ3n) is 5.04. The number of aliphatic imine (C=N–C) groups is 1. The van der Waals surface area contributed by atoms with E-state index in [1.54, 1.807) is 12.3 Å². The van der Waals surface area contributed by atoms with Crippen LogP contribution in [0.1, 0.15) is 31.6 Å². The van der Waals surface area contributed by atoms with Gasteiger partial charge in [-0.2, -0.15) is 0 Å². The number of nitrogens with one attached hydrogen (secondary N) is 3. The van der Waals surface area contributed by atoms with Crippen LogP contribution in [0.3, 0.4) is 0 Å². The van der Waals surface area contributed by atoms with Gasteiger partial charge in [-0.15, -0.1) is 0 Å². The highest BCUT2D eigenvalue weighted by atomic mass is 16.3. The first-order valence-corrected chi connectivity index (χ1v) is 10.3. The lowest BCUT2D eigenvalue weighted by atomic mass is 10.2. The summed E-state index contributed by atoms with van der Waals surface area (Å²) in [6.07, 6.45) is 2.64. The fraction of sp³-hybridized carbons (Fsp3) is 0.455. The van der Waals surface area contributed by atoms with E-state index in [0.29, 0.717) is 24.6 Å². The van der Waals surface area contributed by atoms with Gasteiger partial charge >= 0.3 is 0 Å². The fourth-order valence-corrected chi connectivity index (χ4v) is 3.56. The second-order valence-electron chi connectivity index (χ2n) is 7.39. The molecule has 1 fully saturated rings. The molecule has 1 aliphatic rings. The lowest BCUT2D eigenvalue weighted by molar-refractivity contribution is -0.119. The van der Waals surface area contributed by atoms with Crippen molar-refractivity contribution in [3.8, 4) is 0 Å². The van der Waals surface area contributed by atoms with Gasteiger partial charge in [0.25, 0.3) is 0 Å². The van der Waals surface area contributed by atoms with Crippen LogP contribution >= 0.6 is 0 Å². The highest BCUT2D eigenvalue weighted by Crippen LogP contribution is 2.20. The van der Waals surface area contributed by atoms with E-state index >= 15 is 0 Å². The van der Waals surface area contributed by atoms with Crippen LogP contribution in [0.4, 0.5) is 0 Å². The van der Waals surface area contributed by atoms with Gasteiger partial charge in [-0.3, -0.25) is 9.69 Å². The maximum atomic E-state index is 12.1. The molecule has 0 saturated carbocycles. The van der Waals surface area contributed by atoms with Crippen molar-refractivity contribution in [2.24, 2.45) is 4.99 Å². The Hall–Kier alpha value is -2.80. The monoisotopic (exact) mass is 397 g/mol. The number of likely N-dealkylation sites (tertiary alicyclic amines) is 1. The number of rotatable bonds is 8. The van der Waals surface area contributed by atoms with Crippen LogP contribution in [-0.4, -0.2) is 48.5 Å². The Bertz CT molecular complexity index is 776. The molecule has 1 aromatic heterocycles. The summed E-state index contributed by atoms with van der Waals surface area (Å²) in [6, 6.07) is 15.0. The van der Waals surface area contributed by atoms with E-state index in [9.17, 15) is 4.79 Å². The molecule has 0 radical (unpaired) electrons. The fourth-order valence-electron chi connectivity index (χ4n) is 3.56. The third kappa shape index (κ3) is 6.64. The molecule has 0 spiro atoms. The number of amides is 1. The Morgan fingerprint density at radius 1 is 1.21 bits per heavy atom. The van der Waals surface area contributed by atoms with Crippen molar-refractivity contribution in [2.45, 2.75) is 45.4 Å². The predicted octanol–water partition coefficient (Wildman–Crippen LogP) is 2.11. The average Bonchev–Trinajstić information content (AvgIpc) is 3.35. The summed E-state index contributed by atoms with van der Waals surface area (Å²) in [5.74, 6) is 1.27. The Labute approximate surface area is 172 Å². The van der Waals surface area contributed by atoms with Crippen LogP contribution in [0.5, 0.6) is 0 Å². The first kappa shape index (κ1) is 20.9. The van der Waals surface area contributed by atoms with Gasteiger partial charge in [-0.25, -0.2) is 4.99 Å². The first-order chi connectivity index (χ1) is 14.1. The number of guanidine groups is 1. The van der Waals surface area contributed by atoms with Crippen LogP contribution in [0.25, 0.3) is 0 Å². The molecular weight excluding hydrogens is 366 g/mol. The standard InChI is InChI=1S/C22H31N5O2/c1-3-23-22(25-14-21(28)24-13-20-10-7-11-29-20)26-19-12-17(2)27(16-19)15-18-8-5-4-6-9-18/h4-11,17,19H,3,12-16H2,1-2H3,(H,24,28)(H2,23,25,26). The summed E-state index contributed by atoms with van der Waals surface area (Å²) >= 11 is 0. The second-order valence-corrected chi connectivity index (χ2v) is 7.39. The number of carbonyl (C=O) groups excluding carboxylic acids is 1. The Morgan fingerprint density at radius 3 is 2.76 bits per heavy atom. The molecule has 3 N–H and O–H groups in total. The second kappa shape index (κ2) is 10.7. The molecule has 0 bridgehead atoms. The van der Waals surface area contributed by atoms with E-state index in [4.69, 9.17) is 4.42 Å². The minimum atomic E-state index is -0.135. The van der Waals surface area contributed by atoms with Crippen molar-refractivity contribution in [3.63, 3.8) is 0 Å². The van der Waals surface area contributed by atoms with Crippen LogP contribution in [0.15, 0.2) is 58.1 Å². The molecule has 29 heavy (non-hydrogen) atoms. The largest absolute Gasteiger partial charge is 0.467 e. The van der Waals surface area contributed by atoms with Crippen molar-refractivity contribution < 1.29 is 9.21 Å². The molecule has 0 aliphatic carbocycles. The summed E-state index contributed by atoms with van der Waals surface area (Å²) in [5, 5.41) is 9.54. The lowest BCUT2D eigenvalue weighted by Crippen LogP contribution is -2.45. The normalized spacial score (nSPS) is 19.9. The Balaban J connectivity index is 1.48. The SMILES string of the molecule is CCNC(=NCC(=O)NCc1ccco1)NC1CC(C)N(Cc2ccccc2)C1. The van der Waals surface area contributed by atoms with E-state index in [0.717, 1.165) is 31.8 Å². The number of benzene rings is 1. The maximum Gasteiger partial charge on any atom is 0.242 e. The molecule has 1 amide bonds.